The Morgan fingerprint density at radius 2 is 2.03 bits per heavy atom. The van der Waals surface area contributed by atoms with E-state index in [1.807, 2.05) is 0 Å². The molecule has 1 N–H and O–H groups in total. The first-order valence-electron chi connectivity index (χ1n) is 11.2. The normalized spacial score (nSPS) is 50.4. The molecule has 0 spiro atoms. The van der Waals surface area contributed by atoms with E-state index in [0.29, 0.717) is 11.8 Å². The Bertz CT molecular complexity index is 814. The van der Waals surface area contributed by atoms with Crippen LogP contribution < -0.4 is 0 Å². The van der Waals surface area contributed by atoms with Crippen LogP contribution in [-0.4, -0.2) is 34.7 Å². The lowest BCUT2D eigenvalue weighted by molar-refractivity contribution is -0.175. The molecule has 0 saturated heterocycles. The predicted molar refractivity (Wildman–Crippen MR) is 107 cm³/mol. The van der Waals surface area contributed by atoms with Gasteiger partial charge in [0.05, 0.1) is 6.26 Å². The van der Waals surface area contributed by atoms with Gasteiger partial charge in [-0.1, -0.05) is 25.5 Å². The molecule has 5 nitrogen and oxygen atoms in total. The Labute approximate surface area is 172 Å². The van der Waals surface area contributed by atoms with Gasteiger partial charge in [-0.15, -0.1) is 0 Å². The fraction of sp³-hybridized carbons (Fsp3) is 0.750. The van der Waals surface area contributed by atoms with Crippen molar-refractivity contribution < 1.29 is 24.2 Å². The maximum atomic E-state index is 12.8. The van der Waals surface area contributed by atoms with Gasteiger partial charge in [0.15, 0.2) is 11.4 Å². The number of hydrogen-bond donors (Lipinski definition) is 1. The van der Waals surface area contributed by atoms with Gasteiger partial charge in [-0.2, -0.15) is 0 Å². The Balaban J connectivity index is 1.46. The van der Waals surface area contributed by atoms with Crippen LogP contribution in [0, 0.1) is 28.6 Å². The van der Waals surface area contributed by atoms with Gasteiger partial charge in [-0.3, -0.25) is 9.59 Å². The summed E-state index contributed by atoms with van der Waals surface area (Å²) in [5.41, 5.74) is -0.254. The number of ether oxygens (including phenoxy) is 2. The molecule has 0 unspecified atom stereocenters. The van der Waals surface area contributed by atoms with E-state index < -0.39 is 17.1 Å². The standard InChI is InChI=1S/C24H32O5/c1-14(25)29-16-6-9-22(2)15(12-16)4-5-17-18(22)7-10-23(3)19(17)13-21-24(23,27)20(26)8-11-28-21/h4,8,11,16-19,21,27H,5-7,9-10,12-13H2,1-3H3/t16-,17-,18-,19-,21-,22+,23-,24-/m1/s1. The van der Waals surface area contributed by atoms with Crippen molar-refractivity contribution >= 4 is 11.8 Å². The Morgan fingerprint density at radius 3 is 2.79 bits per heavy atom. The topological polar surface area (TPSA) is 72.8 Å². The largest absolute Gasteiger partial charge is 0.494 e. The number of aliphatic hydroxyl groups is 1. The van der Waals surface area contributed by atoms with Crippen LogP contribution in [0.2, 0.25) is 0 Å². The van der Waals surface area contributed by atoms with Crippen LogP contribution >= 0.6 is 0 Å². The zero-order chi connectivity index (χ0) is 20.6. The summed E-state index contributed by atoms with van der Waals surface area (Å²) in [5.74, 6) is 0.907. The lowest BCUT2D eigenvalue weighted by Crippen LogP contribution is -2.60. The highest BCUT2D eigenvalue weighted by atomic mass is 16.5. The number of carbonyl (C=O) groups is 2. The molecule has 0 aromatic rings. The number of allylic oxidation sites excluding steroid dienone is 1. The van der Waals surface area contributed by atoms with Gasteiger partial charge in [0.25, 0.3) is 0 Å². The molecular formula is C24H32O5. The number of carbonyl (C=O) groups excluding carboxylic acids is 2. The van der Waals surface area contributed by atoms with Crippen molar-refractivity contribution in [1.82, 2.24) is 0 Å². The number of esters is 1. The number of hydrogen-bond acceptors (Lipinski definition) is 5. The summed E-state index contributed by atoms with van der Waals surface area (Å²) < 4.78 is 11.3. The summed E-state index contributed by atoms with van der Waals surface area (Å²) in [5, 5.41) is 11.5. The average Bonchev–Trinajstić information content (AvgIpc) is 2.91. The molecule has 0 aromatic carbocycles. The minimum Gasteiger partial charge on any atom is -0.494 e. The van der Waals surface area contributed by atoms with Crippen molar-refractivity contribution in [2.24, 2.45) is 28.6 Å². The van der Waals surface area contributed by atoms with Gasteiger partial charge >= 0.3 is 5.97 Å². The van der Waals surface area contributed by atoms with Crippen LogP contribution in [0.3, 0.4) is 0 Å². The average molecular weight is 401 g/mol. The smallest absolute Gasteiger partial charge is 0.302 e. The minimum atomic E-state index is -1.39. The van der Waals surface area contributed by atoms with Crippen molar-refractivity contribution in [2.75, 3.05) is 0 Å². The zero-order valence-corrected chi connectivity index (χ0v) is 17.6. The van der Waals surface area contributed by atoms with Gasteiger partial charge in [0, 0.05) is 24.8 Å². The second kappa shape index (κ2) is 6.19. The first-order chi connectivity index (χ1) is 13.7. The molecule has 0 aromatic heterocycles. The molecule has 29 heavy (non-hydrogen) atoms. The molecule has 3 fully saturated rings. The third kappa shape index (κ3) is 2.43. The predicted octanol–water partition coefficient (Wildman–Crippen LogP) is 3.70. The summed E-state index contributed by atoms with van der Waals surface area (Å²) >= 11 is 0. The number of ketones is 1. The van der Waals surface area contributed by atoms with Crippen LogP contribution in [-0.2, 0) is 19.1 Å². The molecule has 5 rings (SSSR count). The molecule has 4 aliphatic carbocycles. The van der Waals surface area contributed by atoms with E-state index in [-0.39, 0.29) is 29.2 Å². The van der Waals surface area contributed by atoms with E-state index in [0.717, 1.165) is 44.9 Å². The van der Waals surface area contributed by atoms with E-state index in [4.69, 9.17) is 9.47 Å². The summed E-state index contributed by atoms with van der Waals surface area (Å²) in [4.78, 5) is 24.2. The van der Waals surface area contributed by atoms with Gasteiger partial charge in [0.2, 0.25) is 0 Å². The van der Waals surface area contributed by atoms with E-state index in [1.165, 1.54) is 24.8 Å². The second-order valence-electron chi connectivity index (χ2n) is 10.5. The summed E-state index contributed by atoms with van der Waals surface area (Å²) in [6, 6.07) is 0. The summed E-state index contributed by atoms with van der Waals surface area (Å²) in [6.07, 6.45) is 11.2. The van der Waals surface area contributed by atoms with Crippen molar-refractivity contribution in [2.45, 2.75) is 83.5 Å². The molecule has 0 amide bonds. The van der Waals surface area contributed by atoms with Crippen LogP contribution in [0.25, 0.3) is 0 Å². The first-order valence-corrected chi connectivity index (χ1v) is 11.2. The molecule has 1 aliphatic heterocycles. The molecule has 5 aliphatic rings. The van der Waals surface area contributed by atoms with Crippen LogP contribution in [0.5, 0.6) is 0 Å². The van der Waals surface area contributed by atoms with E-state index in [1.54, 1.807) is 0 Å². The van der Waals surface area contributed by atoms with Gasteiger partial charge in [0.1, 0.15) is 12.2 Å². The third-order valence-electron chi connectivity index (χ3n) is 9.42. The lowest BCUT2D eigenvalue weighted by atomic mass is 9.46. The van der Waals surface area contributed by atoms with Crippen molar-refractivity contribution in [1.29, 1.82) is 0 Å². The SMILES string of the molecule is CC(=O)O[C@@H]1CC[C@@]2(C)C(=CC[C@@H]3[C@H]2CC[C@]2(C)[C@@H]3C[C@H]3OC=CC(=O)[C@@]32O)C1. The maximum absolute atomic E-state index is 12.8. The minimum absolute atomic E-state index is 0.00406. The highest BCUT2D eigenvalue weighted by Gasteiger charge is 2.71. The van der Waals surface area contributed by atoms with E-state index >= 15 is 0 Å². The maximum Gasteiger partial charge on any atom is 0.302 e. The van der Waals surface area contributed by atoms with Crippen LogP contribution in [0.4, 0.5) is 0 Å². The molecule has 1 heterocycles. The molecule has 5 heteroatoms. The lowest BCUT2D eigenvalue weighted by Gasteiger charge is -2.58. The van der Waals surface area contributed by atoms with Gasteiger partial charge in [-0.25, -0.2) is 0 Å². The highest BCUT2D eigenvalue weighted by molar-refractivity contribution is 5.99. The van der Waals surface area contributed by atoms with E-state index in [2.05, 4.69) is 19.9 Å². The Hall–Kier alpha value is -1.62. The zero-order valence-electron chi connectivity index (χ0n) is 17.6. The van der Waals surface area contributed by atoms with Crippen LogP contribution in [0.1, 0.15) is 65.7 Å². The van der Waals surface area contributed by atoms with Gasteiger partial charge < -0.3 is 14.6 Å². The van der Waals surface area contributed by atoms with E-state index in [9.17, 15) is 14.7 Å². The summed E-state index contributed by atoms with van der Waals surface area (Å²) in [7, 11) is 0. The third-order valence-corrected chi connectivity index (χ3v) is 9.42. The fourth-order valence-electron chi connectivity index (χ4n) is 7.88. The molecule has 8 atom stereocenters. The summed E-state index contributed by atoms with van der Waals surface area (Å²) in [6.45, 7) is 6.00. The second-order valence-corrected chi connectivity index (χ2v) is 10.5. The molecular weight excluding hydrogens is 368 g/mol. The molecule has 0 radical (unpaired) electrons. The fourth-order valence-corrected chi connectivity index (χ4v) is 7.88. The number of fused-ring (bicyclic) bond motifs is 7. The number of rotatable bonds is 1. The molecule has 0 bridgehead atoms. The Morgan fingerprint density at radius 1 is 1.24 bits per heavy atom. The van der Waals surface area contributed by atoms with Crippen molar-refractivity contribution in [3.63, 3.8) is 0 Å². The first kappa shape index (κ1) is 19.3. The van der Waals surface area contributed by atoms with Gasteiger partial charge in [-0.05, 0) is 61.7 Å². The van der Waals surface area contributed by atoms with Crippen LogP contribution in [0.15, 0.2) is 24.0 Å². The molecule has 3 saturated carbocycles. The quantitative estimate of drug-likeness (QED) is 0.537. The highest BCUT2D eigenvalue weighted by Crippen LogP contribution is 2.68. The van der Waals surface area contributed by atoms with Crippen molar-refractivity contribution in [3.8, 4) is 0 Å². The van der Waals surface area contributed by atoms with Crippen molar-refractivity contribution in [3.05, 3.63) is 24.0 Å². The molecule has 158 valence electrons. The monoisotopic (exact) mass is 400 g/mol. The Kier molecular flexibility index (Phi) is 4.13.